The van der Waals surface area contributed by atoms with Crippen molar-refractivity contribution in [2.75, 3.05) is 14.2 Å². The van der Waals surface area contributed by atoms with E-state index in [0.29, 0.717) is 5.56 Å². The summed E-state index contributed by atoms with van der Waals surface area (Å²) in [5.74, 6) is -0.877. The highest BCUT2D eigenvalue weighted by molar-refractivity contribution is 6.36. The van der Waals surface area contributed by atoms with E-state index in [1.165, 1.54) is 38.6 Å². The molecule has 1 aromatic carbocycles. The lowest BCUT2D eigenvalue weighted by atomic mass is 10.1. The van der Waals surface area contributed by atoms with Gasteiger partial charge in [-0.25, -0.2) is 14.2 Å². The topological polar surface area (TPSA) is 57.7 Å². The molecular formula is C16H14Cl2FNO4. The molecule has 1 atom stereocenters. The van der Waals surface area contributed by atoms with Gasteiger partial charge in [-0.15, -0.1) is 0 Å². The van der Waals surface area contributed by atoms with Crippen molar-refractivity contribution < 1.29 is 23.4 Å². The maximum atomic E-state index is 13.6. The second kappa shape index (κ2) is 7.68. The molecule has 0 saturated carbocycles. The van der Waals surface area contributed by atoms with Crippen molar-refractivity contribution in [1.82, 2.24) is 4.98 Å². The van der Waals surface area contributed by atoms with Crippen LogP contribution < -0.4 is 9.47 Å². The summed E-state index contributed by atoms with van der Waals surface area (Å²) >= 11 is 12.0. The van der Waals surface area contributed by atoms with Crippen LogP contribution in [0.3, 0.4) is 0 Å². The van der Waals surface area contributed by atoms with Crippen LogP contribution in [0.25, 0.3) is 0 Å². The number of hydrogen-bond acceptors (Lipinski definition) is 5. The Balaban J connectivity index is 2.35. The van der Waals surface area contributed by atoms with Crippen molar-refractivity contribution in [1.29, 1.82) is 0 Å². The van der Waals surface area contributed by atoms with Crippen LogP contribution in [-0.4, -0.2) is 25.2 Å². The molecule has 0 aliphatic heterocycles. The summed E-state index contributed by atoms with van der Waals surface area (Å²) < 4.78 is 29.0. The molecule has 0 fully saturated rings. The van der Waals surface area contributed by atoms with Gasteiger partial charge in [0.05, 0.1) is 25.4 Å². The molecule has 8 heteroatoms. The number of ether oxygens (including phenoxy) is 3. The van der Waals surface area contributed by atoms with E-state index < -0.39 is 17.9 Å². The molecule has 128 valence electrons. The zero-order valence-corrected chi connectivity index (χ0v) is 14.6. The van der Waals surface area contributed by atoms with Crippen LogP contribution in [0.4, 0.5) is 4.39 Å². The molecule has 24 heavy (non-hydrogen) atoms. The number of aromatic nitrogens is 1. The van der Waals surface area contributed by atoms with E-state index in [-0.39, 0.29) is 27.2 Å². The maximum Gasteiger partial charge on any atom is 0.343 e. The van der Waals surface area contributed by atoms with E-state index in [4.69, 9.17) is 32.7 Å². The molecular weight excluding hydrogens is 360 g/mol. The molecule has 5 nitrogen and oxygen atoms in total. The van der Waals surface area contributed by atoms with Crippen LogP contribution in [-0.2, 0) is 4.74 Å². The molecule has 0 spiro atoms. The smallest absolute Gasteiger partial charge is 0.343 e. The van der Waals surface area contributed by atoms with Crippen LogP contribution in [0, 0.1) is 5.82 Å². The number of rotatable bonds is 5. The number of carbonyl (C=O) groups is 1. The minimum absolute atomic E-state index is 0.0983. The van der Waals surface area contributed by atoms with Gasteiger partial charge >= 0.3 is 5.97 Å². The third kappa shape index (κ3) is 3.71. The average Bonchev–Trinajstić information content (AvgIpc) is 2.57. The van der Waals surface area contributed by atoms with Gasteiger partial charge in [0, 0.05) is 16.7 Å². The minimum atomic E-state index is -0.679. The van der Waals surface area contributed by atoms with E-state index in [2.05, 4.69) is 9.72 Å². The van der Waals surface area contributed by atoms with E-state index in [1.807, 2.05) is 0 Å². The Hall–Kier alpha value is -2.05. The summed E-state index contributed by atoms with van der Waals surface area (Å²) in [4.78, 5) is 15.8. The standard InChI is InChI=1S/C16H14Cl2FNO4/c1-8(13-11(17)4-5-12(19)14(13)18)24-9-6-10(16(21)23-3)15(22-2)20-7-9/h4-8H,1-3H3/t8-/m1/s1. The monoisotopic (exact) mass is 373 g/mol. The molecule has 1 aromatic heterocycles. The first-order valence-electron chi connectivity index (χ1n) is 6.81. The van der Waals surface area contributed by atoms with Gasteiger partial charge in [0.15, 0.2) is 0 Å². The number of pyridine rings is 1. The Morgan fingerprint density at radius 1 is 1.29 bits per heavy atom. The highest BCUT2D eigenvalue weighted by Gasteiger charge is 2.21. The predicted molar refractivity (Wildman–Crippen MR) is 87.6 cm³/mol. The van der Waals surface area contributed by atoms with Gasteiger partial charge in [0.2, 0.25) is 5.88 Å². The van der Waals surface area contributed by atoms with Crippen LogP contribution in [0.5, 0.6) is 11.6 Å². The van der Waals surface area contributed by atoms with Gasteiger partial charge in [0.25, 0.3) is 0 Å². The third-order valence-corrected chi connectivity index (χ3v) is 3.94. The zero-order valence-electron chi connectivity index (χ0n) is 13.1. The van der Waals surface area contributed by atoms with Crippen molar-refractivity contribution >= 4 is 29.2 Å². The number of nitrogens with zero attached hydrogens (tertiary/aromatic N) is 1. The summed E-state index contributed by atoms with van der Waals surface area (Å²) in [7, 11) is 2.62. The largest absolute Gasteiger partial charge is 0.484 e. The van der Waals surface area contributed by atoms with Crippen molar-refractivity contribution in [2.24, 2.45) is 0 Å². The molecule has 0 amide bonds. The number of hydrogen-bond donors (Lipinski definition) is 0. The number of benzene rings is 1. The first-order chi connectivity index (χ1) is 11.4. The normalized spacial score (nSPS) is 11.8. The predicted octanol–water partition coefficient (Wildman–Crippen LogP) is 4.46. The molecule has 1 heterocycles. The Morgan fingerprint density at radius 2 is 2.00 bits per heavy atom. The summed E-state index contributed by atoms with van der Waals surface area (Å²) in [5, 5.41) is 0.147. The summed E-state index contributed by atoms with van der Waals surface area (Å²) in [6.45, 7) is 1.65. The zero-order chi connectivity index (χ0) is 17.9. The SMILES string of the molecule is COC(=O)c1cc(O[C@H](C)c2c(Cl)ccc(F)c2Cl)cnc1OC. The molecule has 2 aromatic rings. The molecule has 0 bridgehead atoms. The molecule has 0 aliphatic rings. The number of halogens is 3. The van der Waals surface area contributed by atoms with Gasteiger partial charge < -0.3 is 14.2 Å². The first kappa shape index (κ1) is 18.3. The maximum absolute atomic E-state index is 13.6. The Labute approximate surface area is 148 Å². The number of carbonyl (C=O) groups excluding carboxylic acids is 1. The van der Waals surface area contributed by atoms with Crippen molar-refractivity contribution in [3.63, 3.8) is 0 Å². The van der Waals surface area contributed by atoms with Crippen molar-refractivity contribution in [2.45, 2.75) is 13.0 Å². The van der Waals surface area contributed by atoms with E-state index in [1.54, 1.807) is 6.92 Å². The minimum Gasteiger partial charge on any atom is -0.484 e. The van der Waals surface area contributed by atoms with Crippen molar-refractivity contribution in [3.8, 4) is 11.6 Å². The molecule has 0 N–H and O–H groups in total. The quantitative estimate of drug-likeness (QED) is 0.571. The second-order valence-corrected chi connectivity index (χ2v) is 5.52. The Morgan fingerprint density at radius 3 is 2.62 bits per heavy atom. The summed E-state index contributed by atoms with van der Waals surface area (Å²) in [5.41, 5.74) is 0.398. The van der Waals surface area contributed by atoms with Gasteiger partial charge in [0.1, 0.15) is 23.2 Å². The fourth-order valence-electron chi connectivity index (χ4n) is 2.09. The van der Waals surface area contributed by atoms with Gasteiger partial charge in [-0.05, 0) is 19.1 Å². The summed E-state index contributed by atoms with van der Waals surface area (Å²) in [6.07, 6.45) is 0.685. The lowest BCUT2D eigenvalue weighted by Gasteiger charge is -2.18. The molecule has 0 aliphatic carbocycles. The Bertz CT molecular complexity index is 770. The van der Waals surface area contributed by atoms with E-state index in [0.717, 1.165) is 0 Å². The van der Waals surface area contributed by atoms with Crippen LogP contribution in [0.1, 0.15) is 28.9 Å². The van der Waals surface area contributed by atoms with Gasteiger partial charge in [-0.3, -0.25) is 0 Å². The fraction of sp³-hybridized carbons (Fsp3) is 0.250. The molecule has 2 rings (SSSR count). The third-order valence-electron chi connectivity index (χ3n) is 3.22. The molecule has 0 saturated heterocycles. The van der Waals surface area contributed by atoms with Crippen molar-refractivity contribution in [3.05, 3.63) is 51.4 Å². The second-order valence-electron chi connectivity index (χ2n) is 4.74. The van der Waals surface area contributed by atoms with E-state index in [9.17, 15) is 9.18 Å². The van der Waals surface area contributed by atoms with Crippen LogP contribution in [0.2, 0.25) is 10.0 Å². The lowest BCUT2D eigenvalue weighted by molar-refractivity contribution is 0.0595. The lowest BCUT2D eigenvalue weighted by Crippen LogP contribution is -2.09. The van der Waals surface area contributed by atoms with Crippen LogP contribution >= 0.6 is 23.2 Å². The Kier molecular flexibility index (Phi) is 5.85. The van der Waals surface area contributed by atoms with Crippen LogP contribution in [0.15, 0.2) is 24.4 Å². The summed E-state index contributed by atoms with van der Waals surface area (Å²) in [6, 6.07) is 3.98. The fourth-order valence-corrected chi connectivity index (χ4v) is 2.77. The first-order valence-corrected chi connectivity index (χ1v) is 7.57. The number of esters is 1. The van der Waals surface area contributed by atoms with E-state index >= 15 is 0 Å². The molecule has 0 unspecified atom stereocenters. The average molecular weight is 374 g/mol. The van der Waals surface area contributed by atoms with Gasteiger partial charge in [-0.2, -0.15) is 0 Å². The van der Waals surface area contributed by atoms with Gasteiger partial charge in [-0.1, -0.05) is 23.2 Å². The number of methoxy groups -OCH3 is 2. The highest BCUT2D eigenvalue weighted by atomic mass is 35.5. The molecule has 0 radical (unpaired) electrons. The highest BCUT2D eigenvalue weighted by Crippen LogP contribution is 2.35.